The van der Waals surface area contributed by atoms with Gasteiger partial charge in [-0.15, -0.1) is 0 Å². The third-order valence-electron chi connectivity index (χ3n) is 4.23. The number of nitrogens with zero attached hydrogens (tertiary/aromatic N) is 2. The van der Waals surface area contributed by atoms with Crippen LogP contribution in [0.5, 0.6) is 0 Å². The highest BCUT2D eigenvalue weighted by Crippen LogP contribution is 2.26. The number of aliphatic imine (C=N–C) groups is 1. The fourth-order valence-corrected chi connectivity index (χ4v) is 3.04. The summed E-state index contributed by atoms with van der Waals surface area (Å²) in [5.74, 6) is 0.576. The lowest BCUT2D eigenvalue weighted by molar-refractivity contribution is 0.150. The Morgan fingerprint density at radius 3 is 2.54 bits per heavy atom. The lowest BCUT2D eigenvalue weighted by atomic mass is 10.0. The number of hydrogen-bond donors (Lipinski definition) is 0. The normalized spacial score (nSPS) is 14.8. The lowest BCUT2D eigenvalue weighted by Gasteiger charge is -2.32. The molecule has 1 rings (SSSR count). The highest BCUT2D eigenvalue weighted by atomic mass is 35.5. The van der Waals surface area contributed by atoms with Gasteiger partial charge < -0.3 is 4.74 Å². The van der Waals surface area contributed by atoms with Crippen LogP contribution in [-0.2, 0) is 4.74 Å². The van der Waals surface area contributed by atoms with Gasteiger partial charge in [-0.05, 0) is 49.1 Å². The van der Waals surface area contributed by atoms with Gasteiger partial charge >= 0.3 is 0 Å². The molecule has 2 atom stereocenters. The Kier molecular flexibility index (Phi) is 12.0. The first-order valence-corrected chi connectivity index (χ1v) is 9.74. The third-order valence-corrected chi connectivity index (χ3v) is 4.48. The zero-order valence-corrected chi connectivity index (χ0v) is 17.3. The summed E-state index contributed by atoms with van der Waals surface area (Å²) in [5, 5.41) is 0.769. The van der Waals surface area contributed by atoms with Gasteiger partial charge in [-0.3, -0.25) is 9.89 Å². The highest BCUT2D eigenvalue weighted by Gasteiger charge is 2.19. The van der Waals surface area contributed by atoms with Crippen molar-refractivity contribution in [1.82, 2.24) is 4.90 Å². The van der Waals surface area contributed by atoms with E-state index in [2.05, 4.69) is 48.0 Å². The predicted octanol–water partition coefficient (Wildman–Crippen LogP) is 5.58. The molecule has 0 fully saturated rings. The Morgan fingerprint density at radius 2 is 1.92 bits per heavy atom. The molecule has 0 aromatic heterocycles. The molecule has 0 aliphatic heterocycles. The van der Waals surface area contributed by atoms with Crippen LogP contribution in [0.2, 0.25) is 5.02 Å². The Labute approximate surface area is 164 Å². The van der Waals surface area contributed by atoms with Crippen molar-refractivity contribution in [3.8, 4) is 0 Å². The van der Waals surface area contributed by atoms with Crippen molar-refractivity contribution in [2.45, 2.75) is 32.7 Å². The molecule has 0 bridgehead atoms. The number of allylic oxidation sites excluding steroid dienone is 3. The smallest absolute Gasteiger partial charge is 0.0534 e. The minimum atomic E-state index is 0.223. The first-order valence-electron chi connectivity index (χ1n) is 9.36. The molecule has 0 aliphatic rings. The SMILES string of the molecule is CCCN(CC(C)CCOC)C(/C=C/C=C\C=NC)c1ccc(Cl)cc1. The standard InChI is InChI=1S/C22H33ClN2O/c1-5-16-25(18-19(2)14-17-26-4)22(9-7-6-8-15-24-3)20-10-12-21(23)13-11-20/h6-13,15,19,22H,5,14,16-18H2,1-4H3/b8-6-,9-7+,24-15?. The van der Waals surface area contributed by atoms with Crippen molar-refractivity contribution in [3.63, 3.8) is 0 Å². The molecule has 26 heavy (non-hydrogen) atoms. The van der Waals surface area contributed by atoms with E-state index in [4.69, 9.17) is 16.3 Å². The number of ether oxygens (including phenoxy) is 1. The van der Waals surface area contributed by atoms with Crippen molar-refractivity contribution >= 4 is 17.8 Å². The van der Waals surface area contributed by atoms with Crippen molar-refractivity contribution in [3.05, 3.63) is 59.2 Å². The van der Waals surface area contributed by atoms with Gasteiger partial charge in [0, 0.05) is 38.5 Å². The number of methoxy groups -OCH3 is 1. The van der Waals surface area contributed by atoms with Crippen molar-refractivity contribution in [1.29, 1.82) is 0 Å². The maximum absolute atomic E-state index is 6.09. The van der Waals surface area contributed by atoms with Crippen LogP contribution < -0.4 is 0 Å². The fraction of sp³-hybridized carbons (Fsp3) is 0.500. The van der Waals surface area contributed by atoms with Crippen molar-refractivity contribution < 1.29 is 4.74 Å². The van der Waals surface area contributed by atoms with E-state index in [1.54, 1.807) is 20.4 Å². The number of benzene rings is 1. The van der Waals surface area contributed by atoms with Gasteiger partial charge in [-0.1, -0.05) is 55.8 Å². The molecule has 0 aliphatic carbocycles. The van der Waals surface area contributed by atoms with Gasteiger partial charge in [-0.25, -0.2) is 0 Å². The second-order valence-electron chi connectivity index (χ2n) is 6.56. The summed E-state index contributed by atoms with van der Waals surface area (Å²) in [6, 6.07) is 8.40. The van der Waals surface area contributed by atoms with E-state index in [0.29, 0.717) is 5.92 Å². The summed E-state index contributed by atoms with van der Waals surface area (Å²) >= 11 is 6.09. The maximum Gasteiger partial charge on any atom is 0.0534 e. The number of halogens is 1. The molecular formula is C22H33ClN2O. The minimum absolute atomic E-state index is 0.223. The van der Waals surface area contributed by atoms with Crippen LogP contribution in [-0.4, -0.2) is 45.0 Å². The Hall–Kier alpha value is -1.42. The van der Waals surface area contributed by atoms with E-state index in [1.165, 1.54) is 5.56 Å². The van der Waals surface area contributed by atoms with Crippen LogP contribution >= 0.6 is 11.6 Å². The molecule has 1 aromatic carbocycles. The Balaban J connectivity index is 3.01. The quantitative estimate of drug-likeness (QED) is 0.351. The molecule has 0 N–H and O–H groups in total. The summed E-state index contributed by atoms with van der Waals surface area (Å²) in [5.41, 5.74) is 1.26. The average molecular weight is 377 g/mol. The number of rotatable bonds is 12. The zero-order chi connectivity index (χ0) is 19.2. The minimum Gasteiger partial charge on any atom is -0.385 e. The molecule has 0 heterocycles. The first kappa shape index (κ1) is 22.6. The monoisotopic (exact) mass is 376 g/mol. The summed E-state index contributed by atoms with van der Waals surface area (Å²) in [6.07, 6.45) is 12.3. The molecule has 3 nitrogen and oxygen atoms in total. The van der Waals surface area contributed by atoms with E-state index in [0.717, 1.165) is 37.6 Å². The molecule has 2 unspecified atom stereocenters. The van der Waals surface area contributed by atoms with E-state index in [-0.39, 0.29) is 6.04 Å². The van der Waals surface area contributed by atoms with Gasteiger partial charge in [0.05, 0.1) is 6.04 Å². The summed E-state index contributed by atoms with van der Waals surface area (Å²) < 4.78 is 5.25. The number of hydrogen-bond acceptors (Lipinski definition) is 3. The summed E-state index contributed by atoms with van der Waals surface area (Å²) in [7, 11) is 3.54. The molecule has 144 valence electrons. The van der Waals surface area contributed by atoms with Gasteiger partial charge in [0.2, 0.25) is 0 Å². The van der Waals surface area contributed by atoms with E-state index in [9.17, 15) is 0 Å². The Bertz CT molecular complexity index is 566. The lowest BCUT2D eigenvalue weighted by Crippen LogP contribution is -2.33. The van der Waals surface area contributed by atoms with Crippen LogP contribution in [0.25, 0.3) is 0 Å². The Morgan fingerprint density at radius 1 is 1.19 bits per heavy atom. The molecule has 1 aromatic rings. The summed E-state index contributed by atoms with van der Waals surface area (Å²) in [6.45, 7) is 7.42. The highest BCUT2D eigenvalue weighted by molar-refractivity contribution is 6.30. The van der Waals surface area contributed by atoms with Crippen LogP contribution in [0.1, 0.15) is 38.3 Å². The largest absolute Gasteiger partial charge is 0.385 e. The van der Waals surface area contributed by atoms with Crippen LogP contribution in [0.3, 0.4) is 0 Å². The van der Waals surface area contributed by atoms with Gasteiger partial charge in [0.1, 0.15) is 0 Å². The maximum atomic E-state index is 6.09. The van der Waals surface area contributed by atoms with Crippen molar-refractivity contribution in [2.75, 3.05) is 33.9 Å². The molecule has 0 radical (unpaired) electrons. The first-order chi connectivity index (χ1) is 12.6. The zero-order valence-electron chi connectivity index (χ0n) is 16.6. The second kappa shape index (κ2) is 13.7. The molecule has 0 amide bonds. The van der Waals surface area contributed by atoms with E-state index >= 15 is 0 Å². The molecule has 0 saturated heterocycles. The average Bonchev–Trinajstić information content (AvgIpc) is 2.64. The van der Waals surface area contributed by atoms with Crippen LogP contribution in [0.4, 0.5) is 0 Å². The topological polar surface area (TPSA) is 24.8 Å². The van der Waals surface area contributed by atoms with Gasteiger partial charge in [0.15, 0.2) is 0 Å². The fourth-order valence-electron chi connectivity index (χ4n) is 2.91. The molecular weight excluding hydrogens is 344 g/mol. The van der Waals surface area contributed by atoms with E-state index in [1.807, 2.05) is 24.3 Å². The van der Waals surface area contributed by atoms with Gasteiger partial charge in [-0.2, -0.15) is 0 Å². The third kappa shape index (κ3) is 8.79. The van der Waals surface area contributed by atoms with Crippen molar-refractivity contribution in [2.24, 2.45) is 10.9 Å². The van der Waals surface area contributed by atoms with E-state index < -0.39 is 0 Å². The van der Waals surface area contributed by atoms with Crippen LogP contribution in [0, 0.1) is 5.92 Å². The predicted molar refractivity (Wildman–Crippen MR) is 114 cm³/mol. The van der Waals surface area contributed by atoms with Gasteiger partial charge in [0.25, 0.3) is 0 Å². The molecule has 4 heteroatoms. The molecule has 0 saturated carbocycles. The molecule has 0 spiro atoms. The summed E-state index contributed by atoms with van der Waals surface area (Å²) in [4.78, 5) is 6.51. The second-order valence-corrected chi connectivity index (χ2v) is 6.99. The van der Waals surface area contributed by atoms with Crippen LogP contribution in [0.15, 0.2) is 53.6 Å².